The first-order chi connectivity index (χ1) is 12.8. The van der Waals surface area contributed by atoms with E-state index in [4.69, 9.17) is 10.7 Å². The van der Waals surface area contributed by atoms with E-state index in [1.807, 2.05) is 22.8 Å². The number of anilines is 1. The minimum absolute atomic E-state index is 0.313. The van der Waals surface area contributed by atoms with E-state index in [-0.39, 0.29) is 0 Å². The molecule has 0 amide bonds. The van der Waals surface area contributed by atoms with Crippen molar-refractivity contribution in [2.45, 2.75) is 18.9 Å². The van der Waals surface area contributed by atoms with Crippen molar-refractivity contribution in [1.82, 2.24) is 19.5 Å². The molecule has 5 rings (SSSR count). The monoisotopic (exact) mass is 344 g/mol. The highest BCUT2D eigenvalue weighted by molar-refractivity contribution is 5.91. The van der Waals surface area contributed by atoms with Crippen molar-refractivity contribution in [2.24, 2.45) is 5.73 Å². The fraction of sp³-hybridized carbons (Fsp3) is 0.250. The largest absolute Gasteiger partial charge is 0.370 e. The maximum absolute atomic E-state index is 6.07. The van der Waals surface area contributed by atoms with E-state index in [9.17, 15) is 0 Å². The third-order valence-electron chi connectivity index (χ3n) is 5.12. The standard InChI is InChI=1S/C20H20N6/c21-15-8-11-25(12-9-15)17-5-1-3-14-6-7-18(24-19(14)17)26-13-23-16-4-2-10-22-20(16)26/h1-7,10,13,15H,8-9,11-12,21H2. The second kappa shape index (κ2) is 6.07. The summed E-state index contributed by atoms with van der Waals surface area (Å²) < 4.78 is 1.94. The van der Waals surface area contributed by atoms with Crippen LogP contribution in [0.25, 0.3) is 27.9 Å². The Labute approximate surface area is 151 Å². The van der Waals surface area contributed by atoms with Gasteiger partial charge in [0, 0.05) is 30.7 Å². The average Bonchev–Trinajstić information content (AvgIpc) is 3.12. The molecule has 4 heterocycles. The zero-order chi connectivity index (χ0) is 17.5. The molecule has 6 heteroatoms. The number of pyridine rings is 2. The topological polar surface area (TPSA) is 72.9 Å². The number of hydrogen-bond acceptors (Lipinski definition) is 5. The second-order valence-corrected chi connectivity index (χ2v) is 6.80. The van der Waals surface area contributed by atoms with Crippen LogP contribution in [0.4, 0.5) is 5.69 Å². The first-order valence-corrected chi connectivity index (χ1v) is 8.98. The number of piperidine rings is 1. The van der Waals surface area contributed by atoms with Gasteiger partial charge in [-0.25, -0.2) is 15.0 Å². The van der Waals surface area contributed by atoms with Crippen LogP contribution < -0.4 is 10.6 Å². The second-order valence-electron chi connectivity index (χ2n) is 6.80. The van der Waals surface area contributed by atoms with Crippen LogP contribution in [0.15, 0.2) is 55.0 Å². The normalized spacial score (nSPS) is 15.8. The number of rotatable bonds is 2. The number of para-hydroxylation sites is 1. The number of benzene rings is 1. The summed E-state index contributed by atoms with van der Waals surface area (Å²) >= 11 is 0. The molecule has 1 aliphatic rings. The first-order valence-electron chi connectivity index (χ1n) is 8.98. The van der Waals surface area contributed by atoms with E-state index in [1.54, 1.807) is 12.5 Å². The molecule has 0 unspecified atom stereocenters. The zero-order valence-electron chi connectivity index (χ0n) is 14.4. The minimum atomic E-state index is 0.313. The van der Waals surface area contributed by atoms with Crippen LogP contribution in [0.2, 0.25) is 0 Å². The lowest BCUT2D eigenvalue weighted by atomic mass is 10.0. The fourth-order valence-corrected chi connectivity index (χ4v) is 3.67. The van der Waals surface area contributed by atoms with Gasteiger partial charge in [0.25, 0.3) is 0 Å². The van der Waals surface area contributed by atoms with Crippen molar-refractivity contribution in [3.05, 3.63) is 55.0 Å². The van der Waals surface area contributed by atoms with Crippen LogP contribution in [0.5, 0.6) is 0 Å². The summed E-state index contributed by atoms with van der Waals surface area (Å²) in [5.74, 6) is 0.833. The third-order valence-corrected chi connectivity index (χ3v) is 5.12. The number of imidazole rings is 1. The van der Waals surface area contributed by atoms with Crippen molar-refractivity contribution in [3.8, 4) is 5.82 Å². The minimum Gasteiger partial charge on any atom is -0.370 e. The molecule has 3 aromatic heterocycles. The molecular formula is C20H20N6. The van der Waals surface area contributed by atoms with Gasteiger partial charge in [0.1, 0.15) is 17.7 Å². The number of nitrogens with zero attached hydrogens (tertiary/aromatic N) is 5. The quantitative estimate of drug-likeness (QED) is 0.605. The molecule has 2 N–H and O–H groups in total. The van der Waals surface area contributed by atoms with Gasteiger partial charge in [-0.2, -0.15) is 0 Å². The maximum atomic E-state index is 6.07. The lowest BCUT2D eigenvalue weighted by Crippen LogP contribution is -2.39. The van der Waals surface area contributed by atoms with Gasteiger partial charge in [0.2, 0.25) is 0 Å². The molecule has 26 heavy (non-hydrogen) atoms. The Hall–Kier alpha value is -2.99. The SMILES string of the molecule is NC1CCN(c2cccc3ccc(-n4cnc5cccnc54)nc23)CC1. The summed E-state index contributed by atoms with van der Waals surface area (Å²) in [7, 11) is 0. The van der Waals surface area contributed by atoms with Gasteiger partial charge < -0.3 is 10.6 Å². The molecule has 0 saturated carbocycles. The Bertz CT molecular complexity index is 1080. The molecule has 0 aliphatic carbocycles. The first kappa shape index (κ1) is 15.3. The third kappa shape index (κ3) is 2.50. The summed E-state index contributed by atoms with van der Waals surface area (Å²) in [5, 5.41) is 1.14. The van der Waals surface area contributed by atoms with Crippen LogP contribution in [0, 0.1) is 0 Å². The summed E-state index contributed by atoms with van der Waals surface area (Å²) in [5.41, 5.74) is 9.94. The molecule has 0 atom stereocenters. The fourth-order valence-electron chi connectivity index (χ4n) is 3.67. The van der Waals surface area contributed by atoms with Gasteiger partial charge >= 0.3 is 0 Å². The van der Waals surface area contributed by atoms with Gasteiger partial charge in [-0.3, -0.25) is 4.57 Å². The van der Waals surface area contributed by atoms with Gasteiger partial charge in [0.05, 0.1) is 11.2 Å². The van der Waals surface area contributed by atoms with E-state index in [0.29, 0.717) is 6.04 Å². The predicted octanol–water partition coefficient (Wildman–Crippen LogP) is 2.90. The van der Waals surface area contributed by atoms with E-state index in [2.05, 4.69) is 39.1 Å². The highest BCUT2D eigenvalue weighted by atomic mass is 15.2. The highest BCUT2D eigenvalue weighted by Crippen LogP contribution is 2.29. The van der Waals surface area contributed by atoms with E-state index >= 15 is 0 Å². The molecule has 1 aromatic carbocycles. The number of aromatic nitrogens is 4. The van der Waals surface area contributed by atoms with Crippen molar-refractivity contribution < 1.29 is 0 Å². The molecule has 1 saturated heterocycles. The Kier molecular flexibility index (Phi) is 3.57. The average molecular weight is 344 g/mol. The van der Waals surface area contributed by atoms with E-state index in [0.717, 1.165) is 53.8 Å². The predicted molar refractivity (Wildman–Crippen MR) is 104 cm³/mol. The molecular weight excluding hydrogens is 324 g/mol. The van der Waals surface area contributed by atoms with Crippen LogP contribution in [0.1, 0.15) is 12.8 Å². The molecule has 4 aromatic rings. The molecule has 130 valence electrons. The van der Waals surface area contributed by atoms with Crippen LogP contribution >= 0.6 is 0 Å². The molecule has 6 nitrogen and oxygen atoms in total. The van der Waals surface area contributed by atoms with Crippen molar-refractivity contribution in [1.29, 1.82) is 0 Å². The van der Waals surface area contributed by atoms with Crippen LogP contribution in [0.3, 0.4) is 0 Å². The summed E-state index contributed by atoms with van der Waals surface area (Å²) in [4.78, 5) is 16.3. The van der Waals surface area contributed by atoms with E-state index in [1.165, 1.54) is 5.69 Å². The Morgan fingerprint density at radius 2 is 1.85 bits per heavy atom. The lowest BCUT2D eigenvalue weighted by Gasteiger charge is -2.32. The Morgan fingerprint density at radius 3 is 2.73 bits per heavy atom. The molecule has 0 spiro atoms. The van der Waals surface area contributed by atoms with E-state index < -0.39 is 0 Å². The zero-order valence-corrected chi connectivity index (χ0v) is 14.4. The van der Waals surface area contributed by atoms with Crippen molar-refractivity contribution >= 4 is 27.8 Å². The summed E-state index contributed by atoms with van der Waals surface area (Å²) in [6, 6.07) is 14.7. The number of nitrogens with two attached hydrogens (primary N) is 1. The van der Waals surface area contributed by atoms with Gasteiger partial charge in [-0.1, -0.05) is 12.1 Å². The van der Waals surface area contributed by atoms with Crippen LogP contribution in [-0.2, 0) is 0 Å². The van der Waals surface area contributed by atoms with Gasteiger partial charge in [-0.15, -0.1) is 0 Å². The lowest BCUT2D eigenvalue weighted by molar-refractivity contribution is 0.502. The Balaban J connectivity index is 1.64. The summed E-state index contributed by atoms with van der Waals surface area (Å²) in [6.45, 7) is 1.95. The van der Waals surface area contributed by atoms with Crippen molar-refractivity contribution in [3.63, 3.8) is 0 Å². The molecule has 0 bridgehead atoms. The van der Waals surface area contributed by atoms with Crippen LogP contribution in [-0.4, -0.2) is 38.7 Å². The number of hydrogen-bond donors (Lipinski definition) is 1. The van der Waals surface area contributed by atoms with Crippen molar-refractivity contribution in [2.75, 3.05) is 18.0 Å². The number of fused-ring (bicyclic) bond motifs is 2. The van der Waals surface area contributed by atoms with Gasteiger partial charge in [-0.05, 0) is 43.2 Å². The molecule has 1 fully saturated rings. The summed E-state index contributed by atoms with van der Waals surface area (Å²) in [6.07, 6.45) is 5.61. The Morgan fingerprint density at radius 1 is 0.962 bits per heavy atom. The maximum Gasteiger partial charge on any atom is 0.165 e. The smallest absolute Gasteiger partial charge is 0.165 e. The van der Waals surface area contributed by atoms with Gasteiger partial charge in [0.15, 0.2) is 5.65 Å². The molecule has 0 radical (unpaired) electrons. The molecule has 1 aliphatic heterocycles. The highest BCUT2D eigenvalue weighted by Gasteiger charge is 2.19.